The monoisotopic (exact) mass is 269 g/mol. The molecule has 1 aliphatic rings. The molecule has 18 heavy (non-hydrogen) atoms. The van der Waals surface area contributed by atoms with Crippen molar-refractivity contribution in [3.05, 3.63) is 0 Å². The molecule has 0 saturated carbocycles. The molecule has 108 valence electrons. The van der Waals surface area contributed by atoms with Gasteiger partial charge in [0.15, 0.2) is 0 Å². The predicted octanol–water partition coefficient (Wildman–Crippen LogP) is 2.36. The average molecular weight is 269 g/mol. The number of ether oxygens (including phenoxy) is 2. The van der Waals surface area contributed by atoms with Gasteiger partial charge in [0.2, 0.25) is 0 Å². The Balaban J connectivity index is 2.12. The quantitative estimate of drug-likeness (QED) is 0.720. The van der Waals surface area contributed by atoms with Crippen LogP contribution in [0.4, 0.5) is 13.2 Å². The number of alkyl halides is 3. The van der Waals surface area contributed by atoms with Crippen molar-refractivity contribution in [1.82, 2.24) is 5.32 Å². The topological polar surface area (TPSA) is 30.5 Å². The Bertz CT molecular complexity index is 222. The predicted molar refractivity (Wildman–Crippen MR) is 62.5 cm³/mol. The van der Waals surface area contributed by atoms with Gasteiger partial charge < -0.3 is 14.8 Å². The van der Waals surface area contributed by atoms with E-state index in [-0.39, 0.29) is 6.61 Å². The Morgan fingerprint density at radius 1 is 1.39 bits per heavy atom. The average Bonchev–Trinajstić information content (AvgIpc) is 2.29. The van der Waals surface area contributed by atoms with Gasteiger partial charge in [-0.2, -0.15) is 13.2 Å². The summed E-state index contributed by atoms with van der Waals surface area (Å²) < 4.78 is 45.5. The van der Waals surface area contributed by atoms with E-state index in [1.807, 2.05) is 0 Å². The Morgan fingerprint density at radius 2 is 2.17 bits per heavy atom. The minimum Gasteiger partial charge on any atom is -0.381 e. The highest BCUT2D eigenvalue weighted by molar-refractivity contribution is 4.79. The summed E-state index contributed by atoms with van der Waals surface area (Å²) in [4.78, 5) is 0. The molecule has 0 aromatic heterocycles. The molecule has 1 aliphatic heterocycles. The van der Waals surface area contributed by atoms with Crippen molar-refractivity contribution in [3.63, 3.8) is 0 Å². The summed E-state index contributed by atoms with van der Waals surface area (Å²) in [6, 6.07) is 0.423. The maximum Gasteiger partial charge on any atom is 0.411 e. The fraction of sp³-hybridized carbons (Fsp3) is 1.00. The van der Waals surface area contributed by atoms with Crippen LogP contribution in [0.3, 0.4) is 0 Å². The van der Waals surface area contributed by atoms with E-state index in [1.165, 1.54) is 0 Å². The summed E-state index contributed by atoms with van der Waals surface area (Å²) in [5, 5.41) is 3.40. The minimum absolute atomic E-state index is 0.162. The van der Waals surface area contributed by atoms with Crippen LogP contribution in [0.25, 0.3) is 0 Å². The molecule has 0 aliphatic carbocycles. The third-order valence-electron chi connectivity index (χ3n) is 3.07. The first-order chi connectivity index (χ1) is 8.53. The molecule has 0 aromatic rings. The van der Waals surface area contributed by atoms with Gasteiger partial charge in [0.1, 0.15) is 6.61 Å². The third kappa shape index (κ3) is 6.56. The second-order valence-corrected chi connectivity index (χ2v) is 4.60. The number of hydrogen-bond donors (Lipinski definition) is 1. The summed E-state index contributed by atoms with van der Waals surface area (Å²) in [7, 11) is 0. The summed E-state index contributed by atoms with van der Waals surface area (Å²) in [5.74, 6) is 0.383. The van der Waals surface area contributed by atoms with E-state index in [2.05, 4.69) is 17.0 Å². The highest BCUT2D eigenvalue weighted by Crippen LogP contribution is 2.20. The summed E-state index contributed by atoms with van der Waals surface area (Å²) in [6.07, 6.45) is -1.76. The number of rotatable bonds is 7. The Labute approximate surface area is 106 Å². The molecule has 3 nitrogen and oxygen atoms in total. The van der Waals surface area contributed by atoms with Gasteiger partial charge in [-0.3, -0.25) is 0 Å². The smallest absolute Gasteiger partial charge is 0.381 e. The van der Waals surface area contributed by atoms with E-state index < -0.39 is 12.8 Å². The van der Waals surface area contributed by atoms with Crippen LogP contribution >= 0.6 is 0 Å². The molecule has 1 saturated heterocycles. The zero-order valence-electron chi connectivity index (χ0n) is 10.8. The fourth-order valence-electron chi connectivity index (χ4n) is 2.25. The van der Waals surface area contributed by atoms with E-state index in [9.17, 15) is 13.2 Å². The van der Waals surface area contributed by atoms with E-state index >= 15 is 0 Å². The molecular weight excluding hydrogens is 247 g/mol. The molecule has 1 fully saturated rings. The van der Waals surface area contributed by atoms with E-state index in [0.29, 0.717) is 25.0 Å². The standard InChI is InChI=1S/C12H22F3NO2/c1-2-16-11-5-7-17-8-10(11)4-3-6-18-9-12(13,14)15/h10-11,16H,2-9H2,1H3. The van der Waals surface area contributed by atoms with E-state index in [0.717, 1.165) is 26.0 Å². The van der Waals surface area contributed by atoms with Crippen LogP contribution in [0, 0.1) is 5.92 Å². The lowest BCUT2D eigenvalue weighted by molar-refractivity contribution is -0.174. The highest BCUT2D eigenvalue weighted by Gasteiger charge is 2.28. The van der Waals surface area contributed by atoms with Crippen LogP contribution in [-0.2, 0) is 9.47 Å². The molecule has 1 N–H and O–H groups in total. The van der Waals surface area contributed by atoms with Crippen molar-refractivity contribution >= 4 is 0 Å². The Morgan fingerprint density at radius 3 is 2.83 bits per heavy atom. The molecule has 0 amide bonds. The van der Waals surface area contributed by atoms with Crippen LogP contribution in [0.15, 0.2) is 0 Å². The minimum atomic E-state index is -4.22. The maximum absolute atomic E-state index is 11.8. The van der Waals surface area contributed by atoms with Crippen molar-refractivity contribution in [3.8, 4) is 0 Å². The second kappa shape index (κ2) is 7.96. The fourth-order valence-corrected chi connectivity index (χ4v) is 2.25. The molecule has 1 rings (SSSR count). The van der Waals surface area contributed by atoms with Gasteiger partial charge in [-0.25, -0.2) is 0 Å². The molecule has 2 atom stereocenters. The van der Waals surface area contributed by atoms with Crippen LogP contribution < -0.4 is 5.32 Å². The molecule has 0 aromatic carbocycles. The van der Waals surface area contributed by atoms with Gasteiger partial charge in [-0.1, -0.05) is 6.92 Å². The summed E-state index contributed by atoms with van der Waals surface area (Å²) in [5.41, 5.74) is 0. The van der Waals surface area contributed by atoms with Gasteiger partial charge >= 0.3 is 6.18 Å². The first-order valence-electron chi connectivity index (χ1n) is 6.48. The van der Waals surface area contributed by atoms with Crippen LogP contribution in [0.1, 0.15) is 26.2 Å². The summed E-state index contributed by atoms with van der Waals surface area (Å²) in [6.45, 7) is 3.43. The zero-order valence-corrected chi connectivity index (χ0v) is 10.8. The van der Waals surface area contributed by atoms with E-state index in [4.69, 9.17) is 4.74 Å². The van der Waals surface area contributed by atoms with Gasteiger partial charge in [-0.05, 0) is 31.7 Å². The SMILES string of the molecule is CCNC1CCOCC1CCCOCC(F)(F)F. The molecule has 6 heteroatoms. The zero-order chi connectivity index (χ0) is 13.4. The molecule has 0 bridgehead atoms. The summed E-state index contributed by atoms with van der Waals surface area (Å²) >= 11 is 0. The van der Waals surface area contributed by atoms with Crippen LogP contribution in [0.5, 0.6) is 0 Å². The van der Waals surface area contributed by atoms with E-state index in [1.54, 1.807) is 0 Å². The number of halogens is 3. The van der Waals surface area contributed by atoms with Crippen molar-refractivity contribution in [2.75, 3.05) is 33.0 Å². The largest absolute Gasteiger partial charge is 0.411 e. The maximum atomic E-state index is 11.8. The van der Waals surface area contributed by atoms with Crippen molar-refractivity contribution in [1.29, 1.82) is 0 Å². The molecule has 2 unspecified atom stereocenters. The third-order valence-corrected chi connectivity index (χ3v) is 3.07. The first kappa shape index (κ1) is 15.7. The molecular formula is C12H22F3NO2. The lowest BCUT2D eigenvalue weighted by Crippen LogP contribution is -2.42. The van der Waals surface area contributed by atoms with Crippen LogP contribution in [-0.4, -0.2) is 45.2 Å². The Kier molecular flexibility index (Phi) is 6.96. The van der Waals surface area contributed by atoms with Crippen molar-refractivity contribution in [2.45, 2.75) is 38.4 Å². The molecule has 0 radical (unpaired) electrons. The highest BCUT2D eigenvalue weighted by atomic mass is 19.4. The van der Waals surface area contributed by atoms with Gasteiger partial charge in [0.05, 0.1) is 6.61 Å². The van der Waals surface area contributed by atoms with Gasteiger partial charge in [0.25, 0.3) is 0 Å². The van der Waals surface area contributed by atoms with Gasteiger partial charge in [-0.15, -0.1) is 0 Å². The van der Waals surface area contributed by atoms with Gasteiger partial charge in [0, 0.05) is 19.3 Å². The number of hydrogen-bond acceptors (Lipinski definition) is 3. The molecule has 0 spiro atoms. The normalized spacial score (nSPS) is 25.3. The lowest BCUT2D eigenvalue weighted by Gasteiger charge is -2.32. The number of nitrogens with one attached hydrogen (secondary N) is 1. The second-order valence-electron chi connectivity index (χ2n) is 4.60. The first-order valence-corrected chi connectivity index (χ1v) is 6.48. The molecule has 1 heterocycles. The van der Waals surface area contributed by atoms with Crippen molar-refractivity contribution in [2.24, 2.45) is 5.92 Å². The van der Waals surface area contributed by atoms with Crippen molar-refractivity contribution < 1.29 is 22.6 Å². The van der Waals surface area contributed by atoms with Crippen LogP contribution in [0.2, 0.25) is 0 Å². The lowest BCUT2D eigenvalue weighted by atomic mass is 9.91. The Hall–Kier alpha value is -0.330.